The summed E-state index contributed by atoms with van der Waals surface area (Å²) in [5.41, 5.74) is 1.42. The zero-order valence-corrected chi connectivity index (χ0v) is 16.0. The first-order valence-corrected chi connectivity index (χ1v) is 9.75. The van der Waals surface area contributed by atoms with Crippen molar-refractivity contribution in [2.45, 2.75) is 65.8 Å². The summed E-state index contributed by atoms with van der Waals surface area (Å²) in [6.07, 6.45) is 6.58. The van der Waals surface area contributed by atoms with Gasteiger partial charge < -0.3 is 9.47 Å². The summed E-state index contributed by atoms with van der Waals surface area (Å²) in [5.74, 6) is 3.70. The molecule has 136 valence electrons. The molecule has 1 saturated carbocycles. The molecule has 1 aromatic rings. The van der Waals surface area contributed by atoms with Crippen LogP contribution in [0.25, 0.3) is 0 Å². The second-order valence-electron chi connectivity index (χ2n) is 8.90. The zero-order valence-electron chi connectivity index (χ0n) is 16.0. The van der Waals surface area contributed by atoms with Gasteiger partial charge in [0.05, 0.1) is 5.92 Å². The van der Waals surface area contributed by atoms with Crippen LogP contribution in [0, 0.1) is 17.3 Å². The van der Waals surface area contributed by atoms with Crippen LogP contribution in [-0.4, -0.2) is 38.7 Å². The van der Waals surface area contributed by atoms with Crippen LogP contribution in [0.4, 0.5) is 0 Å². The highest BCUT2D eigenvalue weighted by Gasteiger charge is 2.61. The molecule has 3 aliphatic rings. The number of likely N-dealkylation sites (tertiary alicyclic amines) is 1. The Hall–Kier alpha value is -1.65. The maximum absolute atomic E-state index is 13.0. The molecule has 1 amide bonds. The number of amides is 1. The van der Waals surface area contributed by atoms with E-state index in [1.807, 2.05) is 0 Å². The molecule has 0 N–H and O–H groups in total. The van der Waals surface area contributed by atoms with Gasteiger partial charge >= 0.3 is 0 Å². The van der Waals surface area contributed by atoms with Crippen molar-refractivity contribution >= 4 is 5.91 Å². The summed E-state index contributed by atoms with van der Waals surface area (Å²) in [6, 6.07) is 0. The Balaban J connectivity index is 1.39. The van der Waals surface area contributed by atoms with Crippen LogP contribution < -0.4 is 0 Å². The number of fused-ring (bicyclic) bond motifs is 1. The second-order valence-corrected chi connectivity index (χ2v) is 8.90. The van der Waals surface area contributed by atoms with Crippen molar-refractivity contribution in [2.24, 2.45) is 17.3 Å². The number of hydrogen-bond acceptors (Lipinski definition) is 3. The molecular formula is C20H30N4O. The van der Waals surface area contributed by atoms with Crippen LogP contribution in [0.15, 0.2) is 11.6 Å². The van der Waals surface area contributed by atoms with Gasteiger partial charge in [0.25, 0.3) is 0 Å². The Bertz CT molecular complexity index is 705. The average Bonchev–Trinajstić information content (AvgIpc) is 2.94. The molecular weight excluding hydrogens is 312 g/mol. The van der Waals surface area contributed by atoms with Crippen LogP contribution in [0.2, 0.25) is 0 Å². The van der Waals surface area contributed by atoms with Crippen molar-refractivity contribution in [2.75, 3.05) is 13.1 Å². The van der Waals surface area contributed by atoms with Gasteiger partial charge in [-0.05, 0) is 44.4 Å². The number of allylic oxidation sites excluding steroid dienone is 2. The number of piperidine rings is 1. The summed E-state index contributed by atoms with van der Waals surface area (Å²) in [5, 5.41) is 8.80. The molecule has 3 heterocycles. The molecule has 0 bridgehead atoms. The van der Waals surface area contributed by atoms with E-state index in [0.29, 0.717) is 17.7 Å². The third-order valence-electron chi connectivity index (χ3n) is 6.50. The minimum Gasteiger partial charge on any atom is -0.342 e. The van der Waals surface area contributed by atoms with Crippen molar-refractivity contribution in [3.05, 3.63) is 23.3 Å². The van der Waals surface area contributed by atoms with E-state index in [1.54, 1.807) is 0 Å². The molecule has 2 aliphatic heterocycles. The summed E-state index contributed by atoms with van der Waals surface area (Å²) in [4.78, 5) is 15.1. The number of carbonyl (C=O) groups is 1. The second kappa shape index (κ2) is 5.96. The van der Waals surface area contributed by atoms with Gasteiger partial charge in [-0.1, -0.05) is 25.5 Å². The molecule has 4 rings (SSSR count). The largest absolute Gasteiger partial charge is 0.342 e. The molecule has 1 aromatic heterocycles. The van der Waals surface area contributed by atoms with E-state index >= 15 is 0 Å². The Kier molecular flexibility index (Phi) is 4.00. The maximum Gasteiger partial charge on any atom is 0.226 e. The molecule has 5 nitrogen and oxygen atoms in total. The normalized spacial score (nSPS) is 27.9. The fraction of sp³-hybridized carbons (Fsp3) is 0.750. The lowest BCUT2D eigenvalue weighted by Crippen LogP contribution is -2.40. The van der Waals surface area contributed by atoms with E-state index in [9.17, 15) is 4.79 Å². The van der Waals surface area contributed by atoms with Crippen LogP contribution in [0.5, 0.6) is 0 Å². The molecule has 5 heteroatoms. The molecule has 2 atom stereocenters. The first-order valence-electron chi connectivity index (χ1n) is 9.75. The minimum absolute atomic E-state index is 0.110. The number of carbonyl (C=O) groups excluding carboxylic acids is 1. The number of aromatic nitrogens is 3. The zero-order chi connectivity index (χ0) is 17.8. The van der Waals surface area contributed by atoms with E-state index in [2.05, 4.69) is 53.4 Å². The van der Waals surface area contributed by atoms with Crippen molar-refractivity contribution in [1.29, 1.82) is 0 Å². The van der Waals surface area contributed by atoms with Gasteiger partial charge in [0.1, 0.15) is 11.6 Å². The Morgan fingerprint density at radius 1 is 1.16 bits per heavy atom. The molecule has 0 unspecified atom stereocenters. The highest BCUT2D eigenvalue weighted by molar-refractivity contribution is 5.84. The quantitative estimate of drug-likeness (QED) is 0.793. The lowest BCUT2D eigenvalue weighted by Gasteiger charge is -2.32. The molecule has 2 fully saturated rings. The lowest BCUT2D eigenvalue weighted by molar-refractivity contribution is -0.134. The summed E-state index contributed by atoms with van der Waals surface area (Å²) < 4.78 is 2.32. The average molecular weight is 342 g/mol. The molecule has 1 saturated heterocycles. The molecule has 1 aliphatic carbocycles. The predicted molar refractivity (Wildman–Crippen MR) is 97.1 cm³/mol. The molecule has 0 radical (unpaired) electrons. The number of nitrogens with zero attached hydrogens (tertiary/aromatic N) is 4. The standard InChI is InChI=1S/C20H30N4O/c1-13(2)12-15-17(20(15,3)4)19(25)23-10-7-14(8-11-23)18-22-21-16-6-5-9-24(16)18/h12,14-15,17H,5-11H2,1-4H3/t15-,17-/m1/s1. The van der Waals surface area contributed by atoms with Gasteiger partial charge in [0.15, 0.2) is 0 Å². The van der Waals surface area contributed by atoms with Crippen molar-refractivity contribution in [3.8, 4) is 0 Å². The lowest BCUT2D eigenvalue weighted by atomic mass is 9.95. The number of hydrogen-bond donors (Lipinski definition) is 0. The van der Waals surface area contributed by atoms with Gasteiger partial charge in [0.2, 0.25) is 5.91 Å². The summed E-state index contributed by atoms with van der Waals surface area (Å²) in [7, 11) is 0. The first-order chi connectivity index (χ1) is 11.9. The number of rotatable bonds is 3. The fourth-order valence-corrected chi connectivity index (χ4v) is 4.85. The highest BCUT2D eigenvalue weighted by atomic mass is 16.2. The van der Waals surface area contributed by atoms with E-state index in [-0.39, 0.29) is 11.3 Å². The SMILES string of the molecule is CC(C)=C[C@@H]1[C@H](C(=O)N2CCC(c3nnc4n3CCC4)CC2)C1(C)C. The van der Waals surface area contributed by atoms with Gasteiger partial charge in [-0.25, -0.2) is 0 Å². The van der Waals surface area contributed by atoms with Crippen LogP contribution >= 0.6 is 0 Å². The van der Waals surface area contributed by atoms with Crippen LogP contribution in [0.1, 0.15) is 64.5 Å². The third-order valence-corrected chi connectivity index (χ3v) is 6.50. The van der Waals surface area contributed by atoms with E-state index in [0.717, 1.165) is 50.5 Å². The van der Waals surface area contributed by atoms with Crippen molar-refractivity contribution in [1.82, 2.24) is 19.7 Å². The monoisotopic (exact) mass is 342 g/mol. The topological polar surface area (TPSA) is 51.0 Å². The van der Waals surface area contributed by atoms with Gasteiger partial charge in [0, 0.05) is 32.0 Å². The smallest absolute Gasteiger partial charge is 0.226 e. The van der Waals surface area contributed by atoms with Crippen LogP contribution in [-0.2, 0) is 17.8 Å². The van der Waals surface area contributed by atoms with Gasteiger partial charge in [-0.15, -0.1) is 10.2 Å². The van der Waals surface area contributed by atoms with Gasteiger partial charge in [-0.3, -0.25) is 4.79 Å². The summed E-state index contributed by atoms with van der Waals surface area (Å²) >= 11 is 0. The Labute approximate surface area is 150 Å². The van der Waals surface area contributed by atoms with Gasteiger partial charge in [-0.2, -0.15) is 0 Å². The first kappa shape index (κ1) is 16.8. The number of aryl methyl sites for hydroxylation is 1. The van der Waals surface area contributed by atoms with Crippen LogP contribution in [0.3, 0.4) is 0 Å². The Morgan fingerprint density at radius 2 is 1.88 bits per heavy atom. The van der Waals surface area contributed by atoms with Crippen molar-refractivity contribution in [3.63, 3.8) is 0 Å². The minimum atomic E-state index is 0.110. The Morgan fingerprint density at radius 3 is 2.56 bits per heavy atom. The molecule has 0 aromatic carbocycles. The predicted octanol–water partition coefficient (Wildman–Crippen LogP) is 3.17. The van der Waals surface area contributed by atoms with Crippen molar-refractivity contribution < 1.29 is 4.79 Å². The van der Waals surface area contributed by atoms with E-state index in [1.165, 1.54) is 12.0 Å². The maximum atomic E-state index is 13.0. The molecule has 25 heavy (non-hydrogen) atoms. The fourth-order valence-electron chi connectivity index (χ4n) is 4.85. The highest BCUT2D eigenvalue weighted by Crippen LogP contribution is 2.60. The van der Waals surface area contributed by atoms with E-state index in [4.69, 9.17) is 0 Å². The third kappa shape index (κ3) is 2.81. The van der Waals surface area contributed by atoms with E-state index < -0.39 is 0 Å². The summed E-state index contributed by atoms with van der Waals surface area (Å²) in [6.45, 7) is 11.5. The molecule has 0 spiro atoms.